The highest BCUT2D eigenvalue weighted by Crippen LogP contribution is 2.18. The molecule has 0 fully saturated rings. The van der Waals surface area contributed by atoms with Gasteiger partial charge in [0.15, 0.2) is 0 Å². The maximum Gasteiger partial charge on any atom is 0.256 e. The van der Waals surface area contributed by atoms with Gasteiger partial charge >= 0.3 is 0 Å². The maximum atomic E-state index is 11.6. The van der Waals surface area contributed by atoms with Gasteiger partial charge in [-0.05, 0) is 20.3 Å². The summed E-state index contributed by atoms with van der Waals surface area (Å²) in [6.07, 6.45) is 5.73. The third-order valence-corrected chi connectivity index (χ3v) is 2.80. The zero-order valence-electron chi connectivity index (χ0n) is 9.75. The van der Waals surface area contributed by atoms with Crippen molar-refractivity contribution < 1.29 is 9.59 Å². The second-order valence-electron chi connectivity index (χ2n) is 4.19. The number of hydrogen-bond donors (Lipinski definition) is 0. The molecule has 15 heavy (non-hydrogen) atoms. The van der Waals surface area contributed by atoms with Crippen molar-refractivity contribution in [3.8, 4) is 0 Å². The fraction of sp³-hybridized carbons (Fsp3) is 0.667. The molecule has 3 heteroatoms. The molecule has 0 radical (unpaired) electrons. The lowest BCUT2D eigenvalue weighted by Gasteiger charge is -2.22. The van der Waals surface area contributed by atoms with Crippen molar-refractivity contribution in [2.75, 3.05) is 0 Å². The minimum atomic E-state index is -0.151. The van der Waals surface area contributed by atoms with Crippen molar-refractivity contribution in [3.63, 3.8) is 0 Å². The van der Waals surface area contributed by atoms with Crippen LogP contribution in [0.2, 0.25) is 0 Å². The number of rotatable bonds is 5. The van der Waals surface area contributed by atoms with Crippen LogP contribution in [0.25, 0.3) is 0 Å². The summed E-state index contributed by atoms with van der Waals surface area (Å²) < 4.78 is 0. The lowest BCUT2D eigenvalue weighted by atomic mass is 10.1. The van der Waals surface area contributed by atoms with Gasteiger partial charge in [-0.1, -0.05) is 26.2 Å². The predicted octanol–water partition coefficient (Wildman–Crippen LogP) is 2.27. The van der Waals surface area contributed by atoms with Crippen LogP contribution in [-0.2, 0) is 9.59 Å². The number of carbonyl (C=O) groups excluding carboxylic acids is 2. The number of nitrogens with zero attached hydrogens (tertiary/aromatic N) is 1. The Morgan fingerprint density at radius 2 is 2.00 bits per heavy atom. The van der Waals surface area contributed by atoms with Crippen LogP contribution >= 0.6 is 0 Å². The summed E-state index contributed by atoms with van der Waals surface area (Å²) >= 11 is 0. The molecule has 1 aliphatic rings. The van der Waals surface area contributed by atoms with Crippen LogP contribution in [0, 0.1) is 0 Å². The molecular formula is C12H19NO2. The smallest absolute Gasteiger partial charge is 0.256 e. The molecule has 1 aliphatic heterocycles. The van der Waals surface area contributed by atoms with Gasteiger partial charge in [0.1, 0.15) is 0 Å². The van der Waals surface area contributed by atoms with Crippen LogP contribution in [0.1, 0.15) is 46.5 Å². The summed E-state index contributed by atoms with van der Waals surface area (Å²) in [6, 6.07) is 0.0326. The second-order valence-corrected chi connectivity index (χ2v) is 4.19. The maximum absolute atomic E-state index is 11.6. The van der Waals surface area contributed by atoms with Gasteiger partial charge in [-0.15, -0.1) is 0 Å². The lowest BCUT2D eigenvalue weighted by Crippen LogP contribution is -2.38. The third-order valence-electron chi connectivity index (χ3n) is 2.80. The topological polar surface area (TPSA) is 37.4 Å². The zero-order valence-corrected chi connectivity index (χ0v) is 9.75. The Bertz CT molecular complexity index is 294. The quantitative estimate of drug-likeness (QED) is 0.514. The van der Waals surface area contributed by atoms with E-state index in [0.29, 0.717) is 5.57 Å². The Balaban J connectivity index is 2.50. The van der Waals surface area contributed by atoms with Crippen molar-refractivity contribution in [3.05, 3.63) is 11.6 Å². The van der Waals surface area contributed by atoms with Crippen molar-refractivity contribution in [2.24, 2.45) is 0 Å². The molecule has 1 heterocycles. The molecule has 0 bridgehead atoms. The van der Waals surface area contributed by atoms with E-state index in [0.717, 1.165) is 25.7 Å². The molecule has 0 saturated heterocycles. The SMILES string of the molecule is CCCCCC(C)N1C(=O)C=C(C)C1=O. The van der Waals surface area contributed by atoms with Gasteiger partial charge in [0.05, 0.1) is 0 Å². The Kier molecular flexibility index (Phi) is 4.06. The van der Waals surface area contributed by atoms with Gasteiger partial charge in [0.2, 0.25) is 0 Å². The molecule has 2 amide bonds. The number of amides is 2. The summed E-state index contributed by atoms with van der Waals surface area (Å²) in [5.74, 6) is -0.273. The summed E-state index contributed by atoms with van der Waals surface area (Å²) in [7, 11) is 0. The van der Waals surface area contributed by atoms with E-state index < -0.39 is 0 Å². The first-order valence-corrected chi connectivity index (χ1v) is 5.63. The molecule has 0 N–H and O–H groups in total. The highest BCUT2D eigenvalue weighted by Gasteiger charge is 2.31. The number of imide groups is 1. The summed E-state index contributed by atoms with van der Waals surface area (Å²) in [5, 5.41) is 0. The third kappa shape index (κ3) is 2.67. The van der Waals surface area contributed by atoms with Gasteiger partial charge in [0.25, 0.3) is 11.8 Å². The van der Waals surface area contributed by atoms with Crippen LogP contribution in [0.4, 0.5) is 0 Å². The molecule has 1 atom stereocenters. The molecule has 0 saturated carbocycles. The van der Waals surface area contributed by atoms with E-state index in [4.69, 9.17) is 0 Å². The van der Waals surface area contributed by atoms with Crippen molar-refractivity contribution in [1.82, 2.24) is 4.90 Å². The van der Waals surface area contributed by atoms with Gasteiger partial charge in [-0.2, -0.15) is 0 Å². The van der Waals surface area contributed by atoms with Crippen LogP contribution in [0.15, 0.2) is 11.6 Å². The summed E-state index contributed by atoms with van der Waals surface area (Å²) in [4.78, 5) is 24.5. The van der Waals surface area contributed by atoms with Gasteiger partial charge < -0.3 is 0 Å². The van der Waals surface area contributed by atoms with E-state index >= 15 is 0 Å². The van der Waals surface area contributed by atoms with Crippen LogP contribution in [0.5, 0.6) is 0 Å². The van der Waals surface area contributed by atoms with Crippen LogP contribution in [0.3, 0.4) is 0 Å². The average Bonchev–Trinajstić information content (AvgIpc) is 2.41. The number of hydrogen-bond acceptors (Lipinski definition) is 2. The van der Waals surface area contributed by atoms with E-state index in [-0.39, 0.29) is 17.9 Å². The first-order chi connectivity index (χ1) is 7.07. The highest BCUT2D eigenvalue weighted by molar-refractivity contribution is 6.16. The lowest BCUT2D eigenvalue weighted by molar-refractivity contribution is -0.139. The van der Waals surface area contributed by atoms with Crippen molar-refractivity contribution >= 4 is 11.8 Å². The molecule has 0 spiro atoms. The Morgan fingerprint density at radius 1 is 1.33 bits per heavy atom. The largest absolute Gasteiger partial charge is 0.272 e. The van der Waals surface area contributed by atoms with Gasteiger partial charge in [-0.25, -0.2) is 0 Å². The predicted molar refractivity (Wildman–Crippen MR) is 59.2 cm³/mol. The number of unbranched alkanes of at least 4 members (excludes halogenated alkanes) is 2. The highest BCUT2D eigenvalue weighted by atomic mass is 16.2. The first-order valence-electron chi connectivity index (χ1n) is 5.63. The minimum absolute atomic E-state index is 0.0326. The monoisotopic (exact) mass is 209 g/mol. The Labute approximate surface area is 91.1 Å². The zero-order chi connectivity index (χ0) is 11.4. The number of carbonyl (C=O) groups is 2. The summed E-state index contributed by atoms with van der Waals surface area (Å²) in [5.41, 5.74) is 0.558. The van der Waals surface area contributed by atoms with Gasteiger partial charge in [0, 0.05) is 17.7 Å². The molecule has 0 aliphatic carbocycles. The molecule has 0 aromatic rings. The molecule has 1 unspecified atom stereocenters. The average molecular weight is 209 g/mol. The van der Waals surface area contributed by atoms with E-state index in [1.807, 2.05) is 6.92 Å². The standard InChI is InChI=1S/C12H19NO2/c1-4-5-6-7-10(3)13-11(14)8-9(2)12(13)15/h8,10H,4-7H2,1-3H3. The Morgan fingerprint density at radius 3 is 2.47 bits per heavy atom. The summed E-state index contributed by atoms with van der Waals surface area (Å²) in [6.45, 7) is 5.78. The fourth-order valence-electron chi connectivity index (χ4n) is 1.84. The molecule has 1 rings (SSSR count). The van der Waals surface area contributed by atoms with E-state index in [1.54, 1.807) is 6.92 Å². The van der Waals surface area contributed by atoms with Crippen molar-refractivity contribution in [1.29, 1.82) is 0 Å². The Hall–Kier alpha value is -1.12. The van der Waals surface area contributed by atoms with Crippen LogP contribution < -0.4 is 0 Å². The second kappa shape index (κ2) is 5.10. The van der Waals surface area contributed by atoms with Crippen LogP contribution in [-0.4, -0.2) is 22.8 Å². The van der Waals surface area contributed by atoms with Gasteiger partial charge in [-0.3, -0.25) is 14.5 Å². The van der Waals surface area contributed by atoms with E-state index in [1.165, 1.54) is 11.0 Å². The molecule has 84 valence electrons. The molecule has 3 nitrogen and oxygen atoms in total. The molecule has 0 aromatic heterocycles. The normalized spacial score (nSPS) is 18.3. The first kappa shape index (κ1) is 12.0. The van der Waals surface area contributed by atoms with E-state index in [9.17, 15) is 9.59 Å². The molecule has 0 aromatic carbocycles. The van der Waals surface area contributed by atoms with E-state index in [2.05, 4.69) is 6.92 Å². The fourth-order valence-corrected chi connectivity index (χ4v) is 1.84. The van der Waals surface area contributed by atoms with Crippen molar-refractivity contribution in [2.45, 2.75) is 52.5 Å². The minimum Gasteiger partial charge on any atom is -0.272 e. The molecular weight excluding hydrogens is 190 g/mol.